The van der Waals surface area contributed by atoms with Gasteiger partial charge in [0.05, 0.1) is 5.69 Å². The van der Waals surface area contributed by atoms with Crippen molar-refractivity contribution in [1.82, 2.24) is 0 Å². The third-order valence-electron chi connectivity index (χ3n) is 3.22. The summed E-state index contributed by atoms with van der Waals surface area (Å²) in [5.41, 5.74) is 4.00. The molecule has 0 bridgehead atoms. The Labute approximate surface area is 140 Å². The van der Waals surface area contributed by atoms with Crippen molar-refractivity contribution in [3.63, 3.8) is 0 Å². The molecule has 4 heteroatoms. The predicted molar refractivity (Wildman–Crippen MR) is 84.1 cm³/mol. The number of hydrogen-bond acceptors (Lipinski definition) is 2. The van der Waals surface area contributed by atoms with Crippen molar-refractivity contribution in [3.8, 4) is 11.1 Å². The molecule has 1 aromatic heterocycles. The molecule has 0 saturated heterocycles. The predicted octanol–water partition coefficient (Wildman–Crippen LogP) is 1.68. The summed E-state index contributed by atoms with van der Waals surface area (Å²) >= 11 is 0. The molecule has 0 spiro atoms. The molecule has 0 fully saturated rings. The number of nitrogens with zero attached hydrogens (tertiary/aromatic N) is 3. The van der Waals surface area contributed by atoms with Crippen LogP contribution in [0.3, 0.4) is 0 Å². The maximum Gasteiger partial charge on any atom is 0.196 e. The fraction of sp³-hybridized carbons (Fsp3) is 0.0556. The van der Waals surface area contributed by atoms with E-state index in [-0.39, 0.29) is 17.0 Å². The van der Waals surface area contributed by atoms with Gasteiger partial charge in [-0.25, -0.2) is 0 Å². The van der Waals surface area contributed by atoms with Crippen LogP contribution in [-0.2, 0) is 6.54 Å². The van der Waals surface area contributed by atoms with Gasteiger partial charge in [0.2, 0.25) is 0 Å². The van der Waals surface area contributed by atoms with Crippen molar-refractivity contribution in [2.45, 2.75) is 6.54 Å². The molecule has 110 valence electrons. The summed E-state index contributed by atoms with van der Waals surface area (Å²) < 4.78 is 2.02. The Balaban J connectivity index is 0.00000176. The Morgan fingerprint density at radius 3 is 2.68 bits per heavy atom. The quantitative estimate of drug-likeness (QED) is 0.388. The second-order valence-corrected chi connectivity index (χ2v) is 4.75. The van der Waals surface area contributed by atoms with E-state index in [0.717, 1.165) is 23.5 Å². The molecule has 22 heavy (non-hydrogen) atoms. The summed E-state index contributed by atoms with van der Waals surface area (Å²) in [4.78, 5) is 0. The fourth-order valence-electron chi connectivity index (χ4n) is 2.23. The van der Waals surface area contributed by atoms with Crippen LogP contribution in [0.25, 0.3) is 11.1 Å². The van der Waals surface area contributed by atoms with Gasteiger partial charge >= 0.3 is 0 Å². The molecule has 3 nitrogen and oxygen atoms in total. The maximum atomic E-state index is 4.38. The van der Waals surface area contributed by atoms with E-state index >= 15 is 0 Å². The van der Waals surface area contributed by atoms with Crippen molar-refractivity contribution < 1.29 is 21.5 Å². The van der Waals surface area contributed by atoms with E-state index in [9.17, 15) is 0 Å². The molecule has 1 heterocycles. The van der Waals surface area contributed by atoms with E-state index in [0.29, 0.717) is 0 Å². The average Bonchev–Trinajstić information content (AvgIpc) is 2.73. The summed E-state index contributed by atoms with van der Waals surface area (Å²) in [6, 6.07) is 18.1. The van der Waals surface area contributed by atoms with Gasteiger partial charge in [-0.1, -0.05) is 43.0 Å². The number of azo groups is 1. The molecule has 0 N–H and O–H groups in total. The standard InChI is InChI=1S/C18H16N3.BrH/c1-2-12-21-13-6-8-16(14-21)19-20-18-11-10-15-7-4-3-5-9-17(15)18;/h2-11,13-14H,1,12H2;1H/q+1;/p-1. The molecular weight excluding hydrogens is 338 g/mol. The van der Waals surface area contributed by atoms with Crippen molar-refractivity contribution in [1.29, 1.82) is 0 Å². The molecule has 1 aromatic rings. The largest absolute Gasteiger partial charge is 1.00 e. The van der Waals surface area contributed by atoms with E-state index in [2.05, 4.69) is 35.0 Å². The lowest BCUT2D eigenvalue weighted by Gasteiger charge is -1.95. The molecule has 0 atom stereocenters. The van der Waals surface area contributed by atoms with Gasteiger partial charge < -0.3 is 17.0 Å². The Hall–Kier alpha value is -2.33. The summed E-state index contributed by atoms with van der Waals surface area (Å²) in [5.74, 6) is 0. The van der Waals surface area contributed by atoms with Crippen molar-refractivity contribution >= 4 is 11.4 Å². The molecule has 2 aliphatic rings. The lowest BCUT2D eigenvalue weighted by molar-refractivity contribution is -0.686. The van der Waals surface area contributed by atoms with Gasteiger partial charge in [0.15, 0.2) is 18.9 Å². The minimum atomic E-state index is 0. The Morgan fingerprint density at radius 1 is 0.955 bits per heavy atom. The SMILES string of the molecule is C=CC[n+]1cccc(N=Nc2ccc3cccccc2-3)c1.[Br-]. The van der Waals surface area contributed by atoms with Crippen molar-refractivity contribution in [2.75, 3.05) is 0 Å². The number of aromatic nitrogens is 1. The van der Waals surface area contributed by atoms with Gasteiger partial charge in [0.1, 0.15) is 5.69 Å². The molecule has 0 amide bonds. The maximum absolute atomic E-state index is 4.38. The highest BCUT2D eigenvalue weighted by Gasteiger charge is 2.07. The van der Waals surface area contributed by atoms with Crippen LogP contribution >= 0.6 is 0 Å². The molecular formula is C18H16BrN3. The minimum absolute atomic E-state index is 0. The summed E-state index contributed by atoms with van der Waals surface area (Å²) in [6.45, 7) is 4.50. The van der Waals surface area contributed by atoms with Crippen LogP contribution < -0.4 is 21.5 Å². The lowest BCUT2D eigenvalue weighted by Crippen LogP contribution is -3.00. The molecule has 0 unspecified atom stereocenters. The van der Waals surface area contributed by atoms with Crippen LogP contribution in [0.4, 0.5) is 11.4 Å². The average molecular weight is 354 g/mol. The molecule has 3 rings (SSSR count). The molecule has 0 radical (unpaired) electrons. The number of fused-ring (bicyclic) bond motifs is 1. The second kappa shape index (κ2) is 7.61. The summed E-state index contributed by atoms with van der Waals surface area (Å²) in [7, 11) is 0. The van der Waals surface area contributed by atoms with E-state index in [1.165, 1.54) is 5.56 Å². The molecule has 0 saturated carbocycles. The van der Waals surface area contributed by atoms with Gasteiger partial charge in [-0.3, -0.25) is 0 Å². The van der Waals surface area contributed by atoms with E-state index in [1.807, 2.05) is 59.4 Å². The number of hydrogen-bond donors (Lipinski definition) is 0. The first-order valence-corrected chi connectivity index (χ1v) is 6.86. The van der Waals surface area contributed by atoms with Crippen LogP contribution in [0.5, 0.6) is 0 Å². The van der Waals surface area contributed by atoms with Crippen molar-refractivity contribution in [2.24, 2.45) is 10.2 Å². The van der Waals surface area contributed by atoms with Crippen LogP contribution in [0.2, 0.25) is 0 Å². The molecule has 0 aromatic carbocycles. The van der Waals surface area contributed by atoms with Gasteiger partial charge in [0, 0.05) is 11.6 Å². The zero-order chi connectivity index (χ0) is 14.5. The van der Waals surface area contributed by atoms with Crippen LogP contribution in [0, 0.1) is 0 Å². The Kier molecular flexibility index (Phi) is 5.55. The topological polar surface area (TPSA) is 28.6 Å². The zero-order valence-corrected chi connectivity index (χ0v) is 13.6. The first-order chi connectivity index (χ1) is 10.4. The second-order valence-electron chi connectivity index (χ2n) is 4.75. The highest BCUT2D eigenvalue weighted by Crippen LogP contribution is 2.34. The third kappa shape index (κ3) is 3.65. The van der Waals surface area contributed by atoms with Gasteiger partial charge in [-0.2, -0.15) is 4.57 Å². The zero-order valence-electron chi connectivity index (χ0n) is 12.1. The Bertz CT molecular complexity index is 768. The van der Waals surface area contributed by atoms with Gasteiger partial charge in [-0.15, -0.1) is 10.2 Å². The third-order valence-corrected chi connectivity index (χ3v) is 3.22. The van der Waals surface area contributed by atoms with Gasteiger partial charge in [-0.05, 0) is 23.8 Å². The van der Waals surface area contributed by atoms with Crippen LogP contribution in [-0.4, -0.2) is 0 Å². The van der Waals surface area contributed by atoms with E-state index in [1.54, 1.807) is 0 Å². The first-order valence-electron chi connectivity index (χ1n) is 6.86. The number of allylic oxidation sites excluding steroid dienone is 1. The lowest BCUT2D eigenvalue weighted by atomic mass is 10.2. The van der Waals surface area contributed by atoms with Crippen molar-refractivity contribution in [3.05, 3.63) is 79.6 Å². The highest BCUT2D eigenvalue weighted by atomic mass is 79.9. The number of halogens is 1. The monoisotopic (exact) mass is 353 g/mol. The summed E-state index contributed by atoms with van der Waals surface area (Å²) in [6.07, 6.45) is 5.79. The molecule has 0 aliphatic heterocycles. The van der Waals surface area contributed by atoms with Gasteiger partial charge in [0.25, 0.3) is 0 Å². The molecule has 2 aliphatic carbocycles. The number of pyridine rings is 1. The fourth-order valence-corrected chi connectivity index (χ4v) is 2.23. The van der Waals surface area contributed by atoms with Crippen LogP contribution in [0.15, 0.2) is 89.9 Å². The first kappa shape index (κ1) is 16.0. The summed E-state index contributed by atoms with van der Waals surface area (Å²) in [5, 5.41) is 8.71. The smallest absolute Gasteiger partial charge is 0.196 e. The van der Waals surface area contributed by atoms with E-state index < -0.39 is 0 Å². The normalized spacial score (nSPS) is 10.5. The van der Waals surface area contributed by atoms with E-state index in [4.69, 9.17) is 0 Å². The van der Waals surface area contributed by atoms with Crippen LogP contribution in [0.1, 0.15) is 0 Å². The Morgan fingerprint density at radius 2 is 1.82 bits per heavy atom. The highest BCUT2D eigenvalue weighted by molar-refractivity contribution is 5.79. The minimum Gasteiger partial charge on any atom is -1.00 e. The number of rotatable bonds is 4.